The first-order valence-electron chi connectivity index (χ1n) is 5.75. The third-order valence-electron chi connectivity index (χ3n) is 2.78. The predicted molar refractivity (Wildman–Crippen MR) is 55.8 cm³/mol. The molecule has 1 fully saturated rings. The lowest BCUT2D eigenvalue weighted by Crippen LogP contribution is -2.55. The van der Waals surface area contributed by atoms with Gasteiger partial charge in [-0.1, -0.05) is 0 Å². The van der Waals surface area contributed by atoms with Crippen LogP contribution >= 0.6 is 0 Å². The van der Waals surface area contributed by atoms with Gasteiger partial charge in [-0.3, -0.25) is 4.79 Å². The molecule has 0 aromatic carbocycles. The molecule has 0 aromatic rings. The molecule has 1 atom stereocenters. The van der Waals surface area contributed by atoms with E-state index in [0.717, 1.165) is 0 Å². The van der Waals surface area contributed by atoms with Crippen LogP contribution in [0, 0.1) is 5.92 Å². The van der Waals surface area contributed by atoms with Crippen LogP contribution in [0.25, 0.3) is 0 Å². The number of likely N-dealkylation sites (N-methyl/N-ethyl adjacent to an activating group) is 1. The Labute approximate surface area is 111 Å². The lowest BCUT2D eigenvalue weighted by atomic mass is 10.1. The van der Waals surface area contributed by atoms with Crippen molar-refractivity contribution in [3.05, 3.63) is 0 Å². The fraction of sp³-hybridized carbons (Fsp3) is 0.900. The first kappa shape index (κ1) is 17.0. The SMILES string of the molecule is CNCC1CN(C(=O)C(C(F)(F)F)C(F)(F)F)CCO1. The van der Waals surface area contributed by atoms with Crippen molar-refractivity contribution in [2.24, 2.45) is 5.92 Å². The van der Waals surface area contributed by atoms with E-state index in [9.17, 15) is 31.1 Å². The minimum atomic E-state index is -5.66. The highest BCUT2D eigenvalue weighted by Crippen LogP contribution is 2.40. The summed E-state index contributed by atoms with van der Waals surface area (Å²) in [7, 11) is 1.55. The third kappa shape index (κ3) is 4.23. The van der Waals surface area contributed by atoms with Crippen LogP contribution in [0.3, 0.4) is 0 Å². The van der Waals surface area contributed by atoms with Crippen molar-refractivity contribution in [3.63, 3.8) is 0 Å². The number of hydrogen-bond acceptors (Lipinski definition) is 3. The molecule has 10 heteroatoms. The highest BCUT2D eigenvalue weighted by atomic mass is 19.4. The van der Waals surface area contributed by atoms with Crippen LogP contribution in [-0.4, -0.2) is 62.6 Å². The first-order chi connectivity index (χ1) is 9.07. The highest BCUT2D eigenvalue weighted by Gasteiger charge is 2.62. The minimum Gasteiger partial charge on any atom is -0.373 e. The average Bonchev–Trinajstić information content (AvgIpc) is 2.25. The number of ether oxygens (including phenoxy) is 1. The molecule has 1 aliphatic rings. The number of nitrogens with one attached hydrogen (secondary N) is 1. The number of halogens is 6. The molecular formula is C10H14F6N2O2. The molecule has 118 valence electrons. The minimum absolute atomic E-state index is 0.0967. The molecule has 0 saturated carbocycles. The van der Waals surface area contributed by atoms with Gasteiger partial charge in [-0.2, -0.15) is 26.3 Å². The highest BCUT2D eigenvalue weighted by molar-refractivity contribution is 5.80. The average molecular weight is 308 g/mol. The Morgan fingerprint density at radius 2 is 1.85 bits per heavy atom. The van der Waals surface area contributed by atoms with Crippen LogP contribution in [0.5, 0.6) is 0 Å². The molecule has 1 rings (SSSR count). The van der Waals surface area contributed by atoms with E-state index in [1.165, 1.54) is 0 Å². The molecule has 1 unspecified atom stereocenters. The van der Waals surface area contributed by atoms with Crippen LogP contribution in [0.1, 0.15) is 0 Å². The molecule has 0 spiro atoms. The Hall–Kier alpha value is -1.03. The van der Waals surface area contributed by atoms with Gasteiger partial charge in [0.05, 0.1) is 12.7 Å². The monoisotopic (exact) mass is 308 g/mol. The van der Waals surface area contributed by atoms with E-state index in [-0.39, 0.29) is 26.2 Å². The van der Waals surface area contributed by atoms with Crippen LogP contribution < -0.4 is 5.32 Å². The van der Waals surface area contributed by atoms with Gasteiger partial charge in [0.2, 0.25) is 11.8 Å². The third-order valence-corrected chi connectivity index (χ3v) is 2.78. The van der Waals surface area contributed by atoms with Crippen molar-refractivity contribution >= 4 is 5.91 Å². The van der Waals surface area contributed by atoms with Crippen molar-refractivity contribution in [2.45, 2.75) is 18.5 Å². The van der Waals surface area contributed by atoms with Crippen LogP contribution in [-0.2, 0) is 9.53 Å². The molecule has 20 heavy (non-hydrogen) atoms. The number of rotatable bonds is 3. The summed E-state index contributed by atoms with van der Waals surface area (Å²) in [6.45, 7) is -0.461. The summed E-state index contributed by atoms with van der Waals surface area (Å²) in [4.78, 5) is 12.1. The fourth-order valence-electron chi connectivity index (χ4n) is 1.92. The lowest BCUT2D eigenvalue weighted by Gasteiger charge is -2.35. The van der Waals surface area contributed by atoms with E-state index in [0.29, 0.717) is 4.90 Å². The van der Waals surface area contributed by atoms with Gasteiger partial charge in [-0.25, -0.2) is 0 Å². The summed E-state index contributed by atoms with van der Waals surface area (Å²) in [5, 5.41) is 2.68. The number of amides is 1. The molecule has 0 bridgehead atoms. The molecule has 1 N–H and O–H groups in total. The van der Waals surface area contributed by atoms with E-state index in [1.54, 1.807) is 7.05 Å². The molecule has 1 amide bonds. The van der Waals surface area contributed by atoms with E-state index in [2.05, 4.69) is 5.32 Å². The Morgan fingerprint density at radius 1 is 1.30 bits per heavy atom. The van der Waals surface area contributed by atoms with Crippen molar-refractivity contribution in [3.8, 4) is 0 Å². The van der Waals surface area contributed by atoms with E-state index in [4.69, 9.17) is 4.74 Å². The number of morpholine rings is 1. The number of carbonyl (C=O) groups is 1. The normalized spacial score (nSPS) is 21.4. The molecule has 4 nitrogen and oxygen atoms in total. The second-order valence-electron chi connectivity index (χ2n) is 4.35. The van der Waals surface area contributed by atoms with E-state index in [1.807, 2.05) is 0 Å². The summed E-state index contributed by atoms with van der Waals surface area (Å²) in [6, 6.07) is 0. The molecular weight excluding hydrogens is 294 g/mol. The quantitative estimate of drug-likeness (QED) is 0.796. The molecule has 1 aliphatic heterocycles. The van der Waals surface area contributed by atoms with Gasteiger partial charge in [0, 0.05) is 19.6 Å². The van der Waals surface area contributed by atoms with Gasteiger partial charge in [-0.05, 0) is 7.05 Å². The zero-order valence-electron chi connectivity index (χ0n) is 10.5. The van der Waals surface area contributed by atoms with Crippen molar-refractivity contribution in [1.82, 2.24) is 10.2 Å². The van der Waals surface area contributed by atoms with Crippen LogP contribution in [0.2, 0.25) is 0 Å². The smallest absolute Gasteiger partial charge is 0.373 e. The second-order valence-corrected chi connectivity index (χ2v) is 4.35. The Balaban J connectivity index is 2.85. The predicted octanol–water partition coefficient (Wildman–Crippen LogP) is 1.17. The summed E-state index contributed by atoms with van der Waals surface area (Å²) in [6.07, 6.45) is -11.9. The Bertz CT molecular complexity index is 328. The van der Waals surface area contributed by atoms with Gasteiger partial charge in [0.1, 0.15) is 0 Å². The van der Waals surface area contributed by atoms with Gasteiger partial charge >= 0.3 is 12.4 Å². The van der Waals surface area contributed by atoms with Gasteiger partial charge in [0.15, 0.2) is 0 Å². The molecule has 0 aliphatic carbocycles. The largest absolute Gasteiger partial charge is 0.409 e. The topological polar surface area (TPSA) is 41.6 Å². The van der Waals surface area contributed by atoms with Crippen molar-refractivity contribution < 1.29 is 35.9 Å². The number of carbonyl (C=O) groups excluding carboxylic acids is 1. The van der Waals surface area contributed by atoms with E-state index < -0.39 is 30.3 Å². The second kappa shape index (κ2) is 6.17. The summed E-state index contributed by atoms with van der Waals surface area (Å²) >= 11 is 0. The van der Waals surface area contributed by atoms with Crippen molar-refractivity contribution in [2.75, 3.05) is 33.3 Å². The summed E-state index contributed by atoms with van der Waals surface area (Å²) in [5.74, 6) is -5.96. The summed E-state index contributed by atoms with van der Waals surface area (Å²) < 4.78 is 79.9. The molecule has 1 heterocycles. The lowest BCUT2D eigenvalue weighted by molar-refractivity contribution is -0.278. The molecule has 0 radical (unpaired) electrons. The number of nitrogens with zero attached hydrogens (tertiary/aromatic N) is 1. The molecule has 0 aromatic heterocycles. The van der Waals surface area contributed by atoms with E-state index >= 15 is 0 Å². The summed E-state index contributed by atoms with van der Waals surface area (Å²) in [5.41, 5.74) is 0. The fourth-order valence-corrected chi connectivity index (χ4v) is 1.92. The van der Waals surface area contributed by atoms with Crippen LogP contribution in [0.15, 0.2) is 0 Å². The van der Waals surface area contributed by atoms with Crippen molar-refractivity contribution in [1.29, 1.82) is 0 Å². The Morgan fingerprint density at radius 3 is 2.30 bits per heavy atom. The van der Waals surface area contributed by atoms with Gasteiger partial charge < -0.3 is 15.0 Å². The molecule has 1 saturated heterocycles. The zero-order valence-corrected chi connectivity index (χ0v) is 10.5. The zero-order chi connectivity index (χ0) is 15.6. The van der Waals surface area contributed by atoms with Crippen LogP contribution in [0.4, 0.5) is 26.3 Å². The van der Waals surface area contributed by atoms with Gasteiger partial charge in [0.25, 0.3) is 0 Å². The number of hydrogen-bond donors (Lipinski definition) is 1. The van der Waals surface area contributed by atoms with Gasteiger partial charge in [-0.15, -0.1) is 0 Å². The first-order valence-corrected chi connectivity index (χ1v) is 5.75. The number of alkyl halides is 6. The maximum atomic E-state index is 12.5. The standard InChI is InChI=1S/C10H14F6N2O2/c1-17-4-6-5-18(2-3-20-6)8(19)7(9(11,12)13)10(14,15)16/h6-7,17H,2-5H2,1H3. The Kier molecular flexibility index (Phi) is 5.25. The maximum absolute atomic E-state index is 12.5. The maximum Gasteiger partial charge on any atom is 0.409 e.